The standard InChI is InChI=1S/C14H18N2O3/c1-10-6-7-11-4-2-3-5-12(11)16(10)14(19)15-9-8-13(17)18/h2-5,10H,6-9H2,1H3,(H,15,19)(H,17,18). The molecule has 0 spiro atoms. The van der Waals surface area contributed by atoms with Gasteiger partial charge in [0.2, 0.25) is 0 Å². The molecule has 5 heteroatoms. The van der Waals surface area contributed by atoms with Gasteiger partial charge in [-0.15, -0.1) is 0 Å². The Balaban J connectivity index is 2.10. The van der Waals surface area contributed by atoms with E-state index in [0.29, 0.717) is 0 Å². The maximum absolute atomic E-state index is 12.2. The third-order valence-electron chi connectivity index (χ3n) is 3.36. The number of hydrogen-bond acceptors (Lipinski definition) is 2. The summed E-state index contributed by atoms with van der Waals surface area (Å²) in [4.78, 5) is 24.4. The molecule has 1 atom stereocenters. The van der Waals surface area contributed by atoms with E-state index in [9.17, 15) is 9.59 Å². The van der Waals surface area contributed by atoms with Gasteiger partial charge in [0, 0.05) is 18.3 Å². The lowest BCUT2D eigenvalue weighted by molar-refractivity contribution is -0.136. The summed E-state index contributed by atoms with van der Waals surface area (Å²) < 4.78 is 0. The highest BCUT2D eigenvalue weighted by molar-refractivity contribution is 5.94. The topological polar surface area (TPSA) is 69.6 Å². The van der Waals surface area contributed by atoms with Gasteiger partial charge in [0.15, 0.2) is 0 Å². The molecule has 102 valence electrons. The second-order valence-corrected chi connectivity index (χ2v) is 4.76. The number of aliphatic carboxylic acids is 1. The molecule has 0 saturated heterocycles. The predicted octanol–water partition coefficient (Wildman–Crippen LogP) is 2.01. The van der Waals surface area contributed by atoms with Crippen LogP contribution in [0.4, 0.5) is 10.5 Å². The fourth-order valence-electron chi connectivity index (χ4n) is 2.36. The van der Waals surface area contributed by atoms with E-state index >= 15 is 0 Å². The number of fused-ring (bicyclic) bond motifs is 1. The number of amides is 2. The first-order valence-corrected chi connectivity index (χ1v) is 6.46. The molecule has 0 bridgehead atoms. The van der Waals surface area contributed by atoms with Crippen molar-refractivity contribution in [3.63, 3.8) is 0 Å². The van der Waals surface area contributed by atoms with Gasteiger partial charge in [-0.3, -0.25) is 9.69 Å². The number of para-hydroxylation sites is 1. The summed E-state index contributed by atoms with van der Waals surface area (Å²) in [5.74, 6) is -0.910. The molecule has 2 N–H and O–H groups in total. The smallest absolute Gasteiger partial charge is 0.322 e. The Morgan fingerprint density at radius 3 is 2.89 bits per heavy atom. The Morgan fingerprint density at radius 1 is 1.42 bits per heavy atom. The van der Waals surface area contributed by atoms with E-state index in [-0.39, 0.29) is 25.0 Å². The Bertz CT molecular complexity index is 487. The van der Waals surface area contributed by atoms with Gasteiger partial charge in [-0.05, 0) is 31.4 Å². The van der Waals surface area contributed by atoms with Crippen molar-refractivity contribution in [3.05, 3.63) is 29.8 Å². The van der Waals surface area contributed by atoms with Crippen molar-refractivity contribution >= 4 is 17.7 Å². The van der Waals surface area contributed by atoms with Crippen molar-refractivity contribution < 1.29 is 14.7 Å². The molecule has 19 heavy (non-hydrogen) atoms. The molecule has 1 aliphatic heterocycles. The van der Waals surface area contributed by atoms with Gasteiger partial charge < -0.3 is 10.4 Å². The lowest BCUT2D eigenvalue weighted by Gasteiger charge is -2.35. The molecular formula is C14H18N2O3. The van der Waals surface area contributed by atoms with Crippen LogP contribution in [-0.2, 0) is 11.2 Å². The number of hydrogen-bond donors (Lipinski definition) is 2. The first-order chi connectivity index (χ1) is 9.09. The van der Waals surface area contributed by atoms with Crippen molar-refractivity contribution in [2.75, 3.05) is 11.4 Å². The average molecular weight is 262 g/mol. The number of urea groups is 1. The highest BCUT2D eigenvalue weighted by Crippen LogP contribution is 2.30. The number of carbonyl (C=O) groups excluding carboxylic acids is 1. The lowest BCUT2D eigenvalue weighted by Crippen LogP contribution is -2.48. The molecule has 0 saturated carbocycles. The molecular weight excluding hydrogens is 244 g/mol. The Hall–Kier alpha value is -2.04. The van der Waals surface area contributed by atoms with Gasteiger partial charge in [-0.2, -0.15) is 0 Å². The number of aryl methyl sites for hydroxylation is 1. The van der Waals surface area contributed by atoms with Crippen LogP contribution in [0.2, 0.25) is 0 Å². The third-order valence-corrected chi connectivity index (χ3v) is 3.36. The van der Waals surface area contributed by atoms with Crippen molar-refractivity contribution in [1.29, 1.82) is 0 Å². The molecule has 0 aliphatic carbocycles. The van der Waals surface area contributed by atoms with Crippen molar-refractivity contribution in [2.24, 2.45) is 0 Å². The van der Waals surface area contributed by atoms with E-state index in [1.165, 1.54) is 0 Å². The van der Waals surface area contributed by atoms with Crippen LogP contribution in [-0.4, -0.2) is 29.7 Å². The normalized spacial score (nSPS) is 17.7. The number of nitrogens with one attached hydrogen (secondary N) is 1. The number of carboxylic acid groups (broad SMARTS) is 1. The SMILES string of the molecule is CC1CCc2ccccc2N1C(=O)NCCC(=O)O. The van der Waals surface area contributed by atoms with Gasteiger partial charge in [0.05, 0.1) is 6.42 Å². The van der Waals surface area contributed by atoms with E-state index in [1.807, 2.05) is 31.2 Å². The van der Waals surface area contributed by atoms with Gasteiger partial charge in [0.25, 0.3) is 0 Å². The molecule has 1 heterocycles. The minimum absolute atomic E-state index is 0.0599. The predicted molar refractivity (Wildman–Crippen MR) is 72.4 cm³/mol. The van der Waals surface area contributed by atoms with Crippen molar-refractivity contribution in [2.45, 2.75) is 32.2 Å². The number of carbonyl (C=O) groups is 2. The van der Waals surface area contributed by atoms with Crippen molar-refractivity contribution in [3.8, 4) is 0 Å². The molecule has 1 aromatic carbocycles. The van der Waals surface area contributed by atoms with Crippen LogP contribution in [0.25, 0.3) is 0 Å². The fourth-order valence-corrected chi connectivity index (χ4v) is 2.36. The summed E-state index contributed by atoms with van der Waals surface area (Å²) in [6.07, 6.45) is 1.83. The van der Waals surface area contributed by atoms with E-state index in [1.54, 1.807) is 4.90 Å². The zero-order valence-electron chi connectivity index (χ0n) is 10.9. The third kappa shape index (κ3) is 3.05. The zero-order chi connectivity index (χ0) is 13.8. The summed E-state index contributed by atoms with van der Waals surface area (Å²) in [6, 6.07) is 7.74. The molecule has 1 aliphatic rings. The van der Waals surface area contributed by atoms with E-state index in [2.05, 4.69) is 5.32 Å². The van der Waals surface area contributed by atoms with Gasteiger partial charge in [-0.25, -0.2) is 4.79 Å². The number of nitrogens with zero attached hydrogens (tertiary/aromatic N) is 1. The molecule has 0 fully saturated rings. The highest BCUT2D eigenvalue weighted by Gasteiger charge is 2.27. The van der Waals surface area contributed by atoms with E-state index in [4.69, 9.17) is 5.11 Å². The molecule has 1 unspecified atom stereocenters. The average Bonchev–Trinajstić information content (AvgIpc) is 2.38. The minimum Gasteiger partial charge on any atom is -0.481 e. The quantitative estimate of drug-likeness (QED) is 0.875. The summed E-state index contributed by atoms with van der Waals surface area (Å²) in [5, 5.41) is 11.2. The number of benzene rings is 1. The molecule has 2 rings (SSSR count). The molecule has 1 aromatic rings. The van der Waals surface area contributed by atoms with Crippen LogP contribution in [0.1, 0.15) is 25.3 Å². The molecule has 0 radical (unpaired) electrons. The monoisotopic (exact) mass is 262 g/mol. The van der Waals surface area contributed by atoms with Gasteiger partial charge in [0.1, 0.15) is 0 Å². The van der Waals surface area contributed by atoms with E-state index < -0.39 is 5.97 Å². The zero-order valence-corrected chi connectivity index (χ0v) is 10.9. The van der Waals surface area contributed by atoms with Crippen LogP contribution in [0.5, 0.6) is 0 Å². The first kappa shape index (κ1) is 13.4. The Morgan fingerprint density at radius 2 is 2.16 bits per heavy atom. The number of carboxylic acids is 1. The van der Waals surface area contributed by atoms with Crippen LogP contribution in [0, 0.1) is 0 Å². The first-order valence-electron chi connectivity index (χ1n) is 6.46. The maximum Gasteiger partial charge on any atom is 0.322 e. The van der Waals surface area contributed by atoms with Gasteiger partial charge >= 0.3 is 12.0 Å². The second kappa shape index (κ2) is 5.73. The second-order valence-electron chi connectivity index (χ2n) is 4.76. The maximum atomic E-state index is 12.2. The van der Waals surface area contributed by atoms with Crippen molar-refractivity contribution in [1.82, 2.24) is 5.32 Å². The van der Waals surface area contributed by atoms with Crippen LogP contribution >= 0.6 is 0 Å². The molecule has 2 amide bonds. The largest absolute Gasteiger partial charge is 0.481 e. The van der Waals surface area contributed by atoms with Gasteiger partial charge in [-0.1, -0.05) is 18.2 Å². The number of rotatable bonds is 3. The summed E-state index contributed by atoms with van der Waals surface area (Å²) in [5.41, 5.74) is 2.09. The van der Waals surface area contributed by atoms with E-state index in [0.717, 1.165) is 24.1 Å². The van der Waals surface area contributed by atoms with Crippen LogP contribution in [0.15, 0.2) is 24.3 Å². The highest BCUT2D eigenvalue weighted by atomic mass is 16.4. The minimum atomic E-state index is -0.910. The molecule has 5 nitrogen and oxygen atoms in total. The van der Waals surface area contributed by atoms with Crippen LogP contribution < -0.4 is 10.2 Å². The lowest BCUT2D eigenvalue weighted by atomic mass is 9.97. The Labute approximate surface area is 112 Å². The Kier molecular flexibility index (Phi) is 4.04. The van der Waals surface area contributed by atoms with Crippen LogP contribution in [0.3, 0.4) is 0 Å². The fraction of sp³-hybridized carbons (Fsp3) is 0.429. The summed E-state index contributed by atoms with van der Waals surface area (Å²) in [6.45, 7) is 2.16. The summed E-state index contributed by atoms with van der Waals surface area (Å²) in [7, 11) is 0. The number of anilines is 1. The summed E-state index contributed by atoms with van der Waals surface area (Å²) >= 11 is 0. The molecule has 0 aromatic heterocycles.